The van der Waals surface area contributed by atoms with Crippen molar-refractivity contribution in [2.75, 3.05) is 12.4 Å². The summed E-state index contributed by atoms with van der Waals surface area (Å²) in [5.74, 6) is -0.767. The normalized spacial score (nSPS) is 11.9. The van der Waals surface area contributed by atoms with Crippen molar-refractivity contribution in [3.8, 4) is 0 Å². The van der Waals surface area contributed by atoms with E-state index in [0.29, 0.717) is 10.7 Å². The van der Waals surface area contributed by atoms with Gasteiger partial charge in [-0.05, 0) is 24.3 Å². The zero-order chi connectivity index (χ0) is 15.3. The molecule has 0 saturated heterocycles. The van der Waals surface area contributed by atoms with Crippen molar-refractivity contribution in [1.82, 2.24) is 0 Å². The highest BCUT2D eigenvalue weighted by Gasteiger charge is 2.22. The highest BCUT2D eigenvalue weighted by molar-refractivity contribution is 6.30. The number of ether oxygens (including phenoxy) is 1. The fourth-order valence-corrected chi connectivity index (χ4v) is 1.42. The van der Waals surface area contributed by atoms with Gasteiger partial charge in [0.15, 0.2) is 5.78 Å². The molecule has 0 atom stereocenters. The number of carbonyl (C=O) groups is 2. The van der Waals surface area contributed by atoms with Crippen molar-refractivity contribution < 1.29 is 14.3 Å². The molecule has 5 heteroatoms. The zero-order valence-corrected chi connectivity index (χ0v) is 12.7. The highest BCUT2D eigenvalue weighted by atomic mass is 35.5. The second-order valence-corrected chi connectivity index (χ2v) is 5.73. The predicted octanol–water partition coefficient (Wildman–Crippen LogP) is 3.42. The first-order valence-corrected chi connectivity index (χ1v) is 6.49. The molecule has 0 aliphatic carbocycles. The van der Waals surface area contributed by atoms with Crippen LogP contribution in [0.4, 0.5) is 5.69 Å². The molecule has 1 aromatic carbocycles. The van der Waals surface area contributed by atoms with Crippen molar-refractivity contribution in [3.05, 3.63) is 41.1 Å². The van der Waals surface area contributed by atoms with Gasteiger partial charge >= 0.3 is 5.97 Å². The van der Waals surface area contributed by atoms with Gasteiger partial charge in [0.05, 0.1) is 7.11 Å². The topological polar surface area (TPSA) is 55.4 Å². The number of carbonyl (C=O) groups excluding carboxylic acids is 2. The fraction of sp³-hybridized carbons (Fsp3) is 0.333. The molecule has 1 N–H and O–H groups in total. The summed E-state index contributed by atoms with van der Waals surface area (Å²) in [6.07, 6.45) is 1.26. The van der Waals surface area contributed by atoms with Crippen LogP contribution < -0.4 is 5.32 Å². The van der Waals surface area contributed by atoms with Crippen LogP contribution in [0.25, 0.3) is 0 Å². The Bertz CT molecular complexity index is 527. The lowest BCUT2D eigenvalue weighted by Gasteiger charge is -2.15. The van der Waals surface area contributed by atoms with Crippen LogP contribution in [0, 0.1) is 5.41 Å². The average molecular weight is 296 g/mol. The van der Waals surface area contributed by atoms with Gasteiger partial charge in [0.2, 0.25) is 0 Å². The number of hydrogen-bond donors (Lipinski definition) is 1. The third-order valence-electron chi connectivity index (χ3n) is 2.54. The van der Waals surface area contributed by atoms with Crippen LogP contribution in [0.15, 0.2) is 36.0 Å². The fourth-order valence-electron chi connectivity index (χ4n) is 1.29. The lowest BCUT2D eigenvalue weighted by Crippen LogP contribution is -2.22. The Balaban J connectivity index is 3.02. The molecule has 0 unspecified atom stereocenters. The number of halogens is 1. The molecule has 0 bridgehead atoms. The van der Waals surface area contributed by atoms with E-state index >= 15 is 0 Å². The number of esters is 1. The largest absolute Gasteiger partial charge is 0.464 e. The second kappa shape index (κ2) is 6.57. The van der Waals surface area contributed by atoms with Gasteiger partial charge in [-0.15, -0.1) is 0 Å². The maximum atomic E-state index is 12.0. The highest BCUT2D eigenvalue weighted by Crippen LogP contribution is 2.19. The molecule has 0 spiro atoms. The summed E-state index contributed by atoms with van der Waals surface area (Å²) in [7, 11) is 1.27. The third-order valence-corrected chi connectivity index (χ3v) is 2.80. The summed E-state index contributed by atoms with van der Waals surface area (Å²) >= 11 is 5.79. The summed E-state index contributed by atoms with van der Waals surface area (Å²) in [6, 6.07) is 6.79. The standard InChI is InChI=1S/C15H18ClNO3/c1-15(2,3)13(18)9-12(14(19)20-4)17-11-7-5-10(16)6-8-11/h5-9,17H,1-4H3/b12-9-. The predicted molar refractivity (Wildman–Crippen MR) is 79.6 cm³/mol. The van der Waals surface area contributed by atoms with Crippen molar-refractivity contribution in [1.29, 1.82) is 0 Å². The summed E-state index contributed by atoms with van der Waals surface area (Å²) in [6.45, 7) is 5.34. The van der Waals surface area contributed by atoms with Gasteiger partial charge in [0, 0.05) is 22.2 Å². The third kappa shape index (κ3) is 4.70. The molecule has 0 fully saturated rings. The number of hydrogen-bond acceptors (Lipinski definition) is 4. The van der Waals surface area contributed by atoms with Gasteiger partial charge in [0.25, 0.3) is 0 Å². The monoisotopic (exact) mass is 295 g/mol. The van der Waals surface area contributed by atoms with E-state index in [9.17, 15) is 9.59 Å². The number of benzene rings is 1. The molecule has 20 heavy (non-hydrogen) atoms. The van der Waals surface area contributed by atoms with Gasteiger partial charge < -0.3 is 10.1 Å². The van der Waals surface area contributed by atoms with Crippen molar-refractivity contribution in [2.45, 2.75) is 20.8 Å². The van der Waals surface area contributed by atoms with Crippen molar-refractivity contribution >= 4 is 29.0 Å². The van der Waals surface area contributed by atoms with Crippen molar-refractivity contribution in [2.24, 2.45) is 5.41 Å². The minimum Gasteiger partial charge on any atom is -0.464 e. The van der Waals surface area contributed by atoms with Gasteiger partial charge in [-0.1, -0.05) is 32.4 Å². The maximum absolute atomic E-state index is 12.0. The number of nitrogens with one attached hydrogen (secondary N) is 1. The smallest absolute Gasteiger partial charge is 0.354 e. The van der Waals surface area contributed by atoms with E-state index in [1.54, 1.807) is 45.0 Å². The summed E-state index contributed by atoms with van der Waals surface area (Å²) in [5, 5.41) is 3.45. The van der Waals surface area contributed by atoms with Crippen LogP contribution >= 0.6 is 11.6 Å². The molecular formula is C15H18ClNO3. The molecule has 0 saturated carbocycles. The molecule has 1 rings (SSSR count). The van der Waals surface area contributed by atoms with Gasteiger partial charge in [0.1, 0.15) is 5.70 Å². The van der Waals surface area contributed by atoms with Crippen LogP contribution in [0.1, 0.15) is 20.8 Å². The van der Waals surface area contributed by atoms with E-state index in [-0.39, 0.29) is 11.5 Å². The molecule has 0 radical (unpaired) electrons. The van der Waals surface area contributed by atoms with Crippen LogP contribution in [0.2, 0.25) is 5.02 Å². The summed E-state index contributed by atoms with van der Waals surface area (Å²) in [5.41, 5.74) is 0.170. The Morgan fingerprint density at radius 1 is 1.20 bits per heavy atom. The number of rotatable bonds is 4. The summed E-state index contributed by atoms with van der Waals surface area (Å²) < 4.78 is 4.67. The minimum absolute atomic E-state index is 0.0924. The molecule has 4 nitrogen and oxygen atoms in total. The van der Waals surface area contributed by atoms with Crippen LogP contribution in [-0.4, -0.2) is 18.9 Å². The van der Waals surface area contributed by atoms with E-state index in [0.717, 1.165) is 0 Å². The molecule has 0 aliphatic rings. The van der Waals surface area contributed by atoms with E-state index in [2.05, 4.69) is 10.1 Å². The first kappa shape index (κ1) is 16.2. The second-order valence-electron chi connectivity index (χ2n) is 5.30. The van der Waals surface area contributed by atoms with Crippen molar-refractivity contribution in [3.63, 3.8) is 0 Å². The zero-order valence-electron chi connectivity index (χ0n) is 12.0. The molecule has 1 aromatic rings. The Kier molecular flexibility index (Phi) is 5.34. The van der Waals surface area contributed by atoms with Crippen LogP contribution in [0.3, 0.4) is 0 Å². The van der Waals surface area contributed by atoms with Gasteiger partial charge in [-0.25, -0.2) is 4.79 Å². The number of anilines is 1. The SMILES string of the molecule is COC(=O)/C(=C/C(=O)C(C)(C)C)Nc1ccc(Cl)cc1. The van der Waals surface area contributed by atoms with Gasteiger partial charge in [-0.2, -0.15) is 0 Å². The molecule has 0 heterocycles. The van der Waals surface area contributed by atoms with E-state index < -0.39 is 11.4 Å². The first-order valence-electron chi connectivity index (χ1n) is 6.11. The Labute approximate surface area is 123 Å². The Morgan fingerprint density at radius 2 is 1.75 bits per heavy atom. The van der Waals surface area contributed by atoms with Crippen LogP contribution in [0.5, 0.6) is 0 Å². The summed E-state index contributed by atoms with van der Waals surface area (Å²) in [4.78, 5) is 23.7. The molecule has 0 aliphatic heterocycles. The average Bonchev–Trinajstić information content (AvgIpc) is 2.38. The molecular weight excluding hydrogens is 278 g/mol. The number of ketones is 1. The first-order chi connectivity index (χ1) is 9.24. The quantitative estimate of drug-likeness (QED) is 0.683. The lowest BCUT2D eigenvalue weighted by atomic mass is 9.90. The minimum atomic E-state index is -0.599. The molecule has 0 amide bonds. The molecule has 108 valence electrons. The number of allylic oxidation sites excluding steroid dienone is 1. The molecule has 0 aromatic heterocycles. The number of methoxy groups -OCH3 is 1. The van der Waals surface area contributed by atoms with E-state index in [4.69, 9.17) is 11.6 Å². The van der Waals surface area contributed by atoms with Crippen LogP contribution in [-0.2, 0) is 14.3 Å². The van der Waals surface area contributed by atoms with E-state index in [1.807, 2.05) is 0 Å². The lowest BCUT2D eigenvalue weighted by molar-refractivity contribution is -0.136. The maximum Gasteiger partial charge on any atom is 0.354 e. The van der Waals surface area contributed by atoms with Gasteiger partial charge in [-0.3, -0.25) is 4.79 Å². The van der Waals surface area contributed by atoms with E-state index in [1.165, 1.54) is 13.2 Å². The Hall–Kier alpha value is -1.81. The Morgan fingerprint density at radius 3 is 2.20 bits per heavy atom.